The topological polar surface area (TPSA) is 15.3 Å². The second kappa shape index (κ2) is 3.11. The molecule has 11 heavy (non-hydrogen) atoms. The molecule has 0 aromatic carbocycles. The van der Waals surface area contributed by atoms with Gasteiger partial charge >= 0.3 is 0 Å². The largest absolute Gasteiger partial charge is 0.314 e. The minimum Gasteiger partial charge on any atom is -0.314 e. The summed E-state index contributed by atoms with van der Waals surface area (Å²) in [5.74, 6) is 0.947. The number of rotatable bonds is 0. The minimum absolute atomic E-state index is 0.847. The van der Waals surface area contributed by atoms with Crippen molar-refractivity contribution in [3.8, 4) is 0 Å². The van der Waals surface area contributed by atoms with E-state index >= 15 is 0 Å². The maximum Gasteiger partial charge on any atom is 0.0120 e. The fourth-order valence-electron chi connectivity index (χ4n) is 2.43. The van der Waals surface area contributed by atoms with E-state index in [-0.39, 0.29) is 0 Å². The highest BCUT2D eigenvalue weighted by Gasteiger charge is 2.28. The highest BCUT2D eigenvalue weighted by atomic mass is 15.1. The summed E-state index contributed by atoms with van der Waals surface area (Å²) in [4.78, 5) is 2.47. The molecule has 2 heteroatoms. The lowest BCUT2D eigenvalue weighted by atomic mass is 9.86. The molecule has 2 aliphatic rings. The number of fused-ring (bicyclic) bond motifs is 1. The van der Waals surface area contributed by atoms with E-state index in [0.717, 1.165) is 12.0 Å². The smallest absolute Gasteiger partial charge is 0.0120 e. The van der Waals surface area contributed by atoms with Crippen LogP contribution in [0.5, 0.6) is 0 Å². The van der Waals surface area contributed by atoms with Crippen molar-refractivity contribution in [3.63, 3.8) is 0 Å². The number of likely N-dealkylation sites (tertiary alicyclic amines) is 1. The van der Waals surface area contributed by atoms with E-state index in [1.54, 1.807) is 0 Å². The predicted molar refractivity (Wildman–Crippen MR) is 46.6 cm³/mol. The number of hydrogen-bond acceptors (Lipinski definition) is 2. The first-order valence-electron chi connectivity index (χ1n) is 4.78. The summed E-state index contributed by atoms with van der Waals surface area (Å²) < 4.78 is 0. The summed E-state index contributed by atoms with van der Waals surface area (Å²) in [5.41, 5.74) is 0. The average molecular weight is 154 g/mol. The van der Waals surface area contributed by atoms with E-state index in [0.29, 0.717) is 0 Å². The summed E-state index contributed by atoms with van der Waals surface area (Å²) in [5, 5.41) is 3.61. The van der Waals surface area contributed by atoms with Crippen molar-refractivity contribution in [2.75, 3.05) is 26.7 Å². The fourth-order valence-corrected chi connectivity index (χ4v) is 2.43. The average Bonchev–Trinajstić information content (AvgIpc) is 2.04. The first-order valence-corrected chi connectivity index (χ1v) is 4.78. The monoisotopic (exact) mass is 154 g/mol. The molecule has 0 aliphatic carbocycles. The third-order valence-electron chi connectivity index (χ3n) is 3.10. The van der Waals surface area contributed by atoms with E-state index < -0.39 is 0 Å². The fraction of sp³-hybridized carbons (Fsp3) is 1.00. The number of piperidine rings is 2. The van der Waals surface area contributed by atoms with Crippen LogP contribution < -0.4 is 5.32 Å². The van der Waals surface area contributed by atoms with Crippen LogP contribution in [0.15, 0.2) is 0 Å². The van der Waals surface area contributed by atoms with Crippen LogP contribution in [0.4, 0.5) is 0 Å². The van der Waals surface area contributed by atoms with Crippen LogP contribution in [0.1, 0.15) is 19.3 Å². The Morgan fingerprint density at radius 2 is 2.27 bits per heavy atom. The second-order valence-corrected chi connectivity index (χ2v) is 4.01. The molecule has 2 heterocycles. The van der Waals surface area contributed by atoms with E-state index in [1.807, 2.05) is 0 Å². The Morgan fingerprint density at radius 3 is 3.18 bits per heavy atom. The SMILES string of the molecule is CN1CC[C@H]2NCCC[C@@H]2C1. The summed E-state index contributed by atoms with van der Waals surface area (Å²) in [6, 6.07) is 0.847. The Labute approximate surface area is 69.0 Å². The quantitative estimate of drug-likeness (QED) is 0.552. The highest BCUT2D eigenvalue weighted by Crippen LogP contribution is 2.23. The van der Waals surface area contributed by atoms with Crippen molar-refractivity contribution >= 4 is 0 Å². The highest BCUT2D eigenvalue weighted by molar-refractivity contribution is 4.86. The van der Waals surface area contributed by atoms with Gasteiger partial charge in [-0.05, 0) is 45.3 Å². The first kappa shape index (κ1) is 7.56. The van der Waals surface area contributed by atoms with E-state index in [4.69, 9.17) is 0 Å². The lowest BCUT2D eigenvalue weighted by molar-refractivity contribution is 0.135. The Balaban J connectivity index is 1.93. The molecule has 2 atom stereocenters. The van der Waals surface area contributed by atoms with Crippen LogP contribution >= 0.6 is 0 Å². The number of hydrogen-bond donors (Lipinski definition) is 1. The molecule has 0 aromatic heterocycles. The van der Waals surface area contributed by atoms with E-state index in [2.05, 4.69) is 17.3 Å². The molecule has 0 radical (unpaired) electrons. The van der Waals surface area contributed by atoms with Crippen molar-refractivity contribution in [1.82, 2.24) is 10.2 Å². The van der Waals surface area contributed by atoms with Gasteiger partial charge in [0.15, 0.2) is 0 Å². The molecule has 0 spiro atoms. The lowest BCUT2D eigenvalue weighted by Crippen LogP contribution is -2.50. The normalized spacial score (nSPS) is 40.1. The molecular weight excluding hydrogens is 136 g/mol. The Hall–Kier alpha value is -0.0800. The van der Waals surface area contributed by atoms with Crippen molar-refractivity contribution < 1.29 is 0 Å². The van der Waals surface area contributed by atoms with Gasteiger partial charge in [0.25, 0.3) is 0 Å². The summed E-state index contributed by atoms with van der Waals surface area (Å²) in [6.07, 6.45) is 4.19. The Bertz CT molecular complexity index is 136. The minimum atomic E-state index is 0.847. The van der Waals surface area contributed by atoms with Crippen molar-refractivity contribution in [3.05, 3.63) is 0 Å². The molecule has 0 amide bonds. The predicted octanol–water partition coefficient (Wildman–Crippen LogP) is 0.690. The molecule has 2 nitrogen and oxygen atoms in total. The molecule has 0 saturated carbocycles. The zero-order valence-electron chi connectivity index (χ0n) is 7.34. The molecule has 0 unspecified atom stereocenters. The van der Waals surface area contributed by atoms with Gasteiger partial charge in [-0.1, -0.05) is 0 Å². The number of nitrogens with one attached hydrogen (secondary N) is 1. The first-order chi connectivity index (χ1) is 5.36. The van der Waals surface area contributed by atoms with Crippen LogP contribution in [-0.4, -0.2) is 37.6 Å². The van der Waals surface area contributed by atoms with Crippen LogP contribution in [0.25, 0.3) is 0 Å². The molecule has 2 fully saturated rings. The van der Waals surface area contributed by atoms with Crippen molar-refractivity contribution in [1.29, 1.82) is 0 Å². The third-order valence-corrected chi connectivity index (χ3v) is 3.10. The van der Waals surface area contributed by atoms with Gasteiger partial charge in [0.1, 0.15) is 0 Å². The third kappa shape index (κ3) is 1.57. The number of nitrogens with zero attached hydrogens (tertiary/aromatic N) is 1. The second-order valence-electron chi connectivity index (χ2n) is 4.01. The van der Waals surface area contributed by atoms with Crippen LogP contribution in [-0.2, 0) is 0 Å². The molecular formula is C9H18N2. The van der Waals surface area contributed by atoms with Crippen molar-refractivity contribution in [2.24, 2.45) is 5.92 Å². The lowest BCUT2D eigenvalue weighted by Gasteiger charge is -2.40. The molecule has 2 saturated heterocycles. The van der Waals surface area contributed by atoms with Gasteiger partial charge in [-0.3, -0.25) is 0 Å². The molecule has 0 aromatic rings. The van der Waals surface area contributed by atoms with Crippen LogP contribution in [0.3, 0.4) is 0 Å². The summed E-state index contributed by atoms with van der Waals surface area (Å²) in [7, 11) is 2.24. The zero-order valence-corrected chi connectivity index (χ0v) is 7.34. The molecule has 2 rings (SSSR count). The van der Waals surface area contributed by atoms with Gasteiger partial charge < -0.3 is 10.2 Å². The van der Waals surface area contributed by atoms with Gasteiger partial charge in [-0.25, -0.2) is 0 Å². The van der Waals surface area contributed by atoms with Crippen LogP contribution in [0.2, 0.25) is 0 Å². The van der Waals surface area contributed by atoms with Gasteiger partial charge in [0.2, 0.25) is 0 Å². The summed E-state index contributed by atoms with van der Waals surface area (Å²) >= 11 is 0. The molecule has 2 aliphatic heterocycles. The van der Waals surface area contributed by atoms with E-state index in [1.165, 1.54) is 38.9 Å². The molecule has 0 bridgehead atoms. The van der Waals surface area contributed by atoms with Gasteiger partial charge in [0, 0.05) is 12.6 Å². The van der Waals surface area contributed by atoms with Crippen molar-refractivity contribution in [2.45, 2.75) is 25.3 Å². The maximum absolute atomic E-state index is 3.61. The zero-order chi connectivity index (χ0) is 7.68. The standard InChI is InChI=1S/C9H18N2/c1-11-6-4-9-8(7-11)3-2-5-10-9/h8-10H,2-7H2,1H3/t8-,9-/m1/s1. The Morgan fingerprint density at radius 1 is 1.36 bits per heavy atom. The Kier molecular flexibility index (Phi) is 2.14. The van der Waals surface area contributed by atoms with Crippen LogP contribution in [0, 0.1) is 5.92 Å². The van der Waals surface area contributed by atoms with Gasteiger partial charge in [0.05, 0.1) is 0 Å². The van der Waals surface area contributed by atoms with Gasteiger partial charge in [-0.15, -0.1) is 0 Å². The van der Waals surface area contributed by atoms with E-state index in [9.17, 15) is 0 Å². The molecule has 64 valence electrons. The van der Waals surface area contributed by atoms with Gasteiger partial charge in [-0.2, -0.15) is 0 Å². The maximum atomic E-state index is 3.61. The summed E-state index contributed by atoms with van der Waals surface area (Å²) in [6.45, 7) is 3.86. The molecule has 1 N–H and O–H groups in total.